The molecular formula is C14H10BrF3O5. The lowest BCUT2D eigenvalue weighted by Gasteiger charge is -2.12. The van der Waals surface area contributed by atoms with Crippen molar-refractivity contribution in [2.45, 2.75) is 25.9 Å². The largest absolute Gasteiger partial charge is 0.417 e. The number of Topliss-reactive ketones (excluding diaryl/α,β-unsaturated/α-hetero) is 3. The van der Waals surface area contributed by atoms with Crippen molar-refractivity contribution in [3.63, 3.8) is 0 Å². The smallest absolute Gasteiger partial charge is 0.294 e. The SMILES string of the molecule is CCC(=O)C(=O)CC(=O)c1ccc(Br)cc1C(F)(F)F.O=C=O. The molecule has 1 aromatic carbocycles. The van der Waals surface area contributed by atoms with Crippen LogP contribution < -0.4 is 0 Å². The lowest BCUT2D eigenvalue weighted by Crippen LogP contribution is -2.20. The molecule has 9 heteroatoms. The van der Waals surface area contributed by atoms with E-state index in [2.05, 4.69) is 15.9 Å². The predicted molar refractivity (Wildman–Crippen MR) is 73.4 cm³/mol. The van der Waals surface area contributed by atoms with Gasteiger partial charge >= 0.3 is 12.3 Å². The van der Waals surface area contributed by atoms with Crippen molar-refractivity contribution < 1.29 is 37.1 Å². The van der Waals surface area contributed by atoms with Crippen molar-refractivity contribution >= 4 is 39.4 Å². The molecule has 0 amide bonds. The van der Waals surface area contributed by atoms with Gasteiger partial charge in [-0.3, -0.25) is 14.4 Å². The van der Waals surface area contributed by atoms with Crippen molar-refractivity contribution in [3.8, 4) is 0 Å². The maximum absolute atomic E-state index is 12.8. The van der Waals surface area contributed by atoms with E-state index in [0.29, 0.717) is 0 Å². The summed E-state index contributed by atoms with van der Waals surface area (Å²) in [6.07, 6.45) is -5.40. The van der Waals surface area contributed by atoms with Crippen molar-refractivity contribution in [1.82, 2.24) is 0 Å². The van der Waals surface area contributed by atoms with E-state index >= 15 is 0 Å². The third-order valence-corrected chi connectivity index (χ3v) is 3.03. The summed E-state index contributed by atoms with van der Waals surface area (Å²) in [5.41, 5.74) is -1.74. The zero-order valence-electron chi connectivity index (χ0n) is 11.7. The number of ketones is 3. The van der Waals surface area contributed by atoms with E-state index in [9.17, 15) is 27.6 Å². The van der Waals surface area contributed by atoms with Gasteiger partial charge in [0.2, 0.25) is 5.78 Å². The molecule has 0 aliphatic carbocycles. The highest BCUT2D eigenvalue weighted by atomic mass is 79.9. The van der Waals surface area contributed by atoms with Crippen LogP contribution in [0.4, 0.5) is 13.2 Å². The normalized spacial score (nSPS) is 10.1. The molecule has 0 N–H and O–H groups in total. The third kappa shape index (κ3) is 6.66. The minimum absolute atomic E-state index is 0.0847. The molecule has 0 heterocycles. The van der Waals surface area contributed by atoms with Gasteiger partial charge in [-0.05, 0) is 18.2 Å². The van der Waals surface area contributed by atoms with Gasteiger partial charge in [0.1, 0.15) is 0 Å². The molecule has 0 aliphatic rings. The molecule has 0 atom stereocenters. The fraction of sp³-hybridized carbons (Fsp3) is 0.286. The van der Waals surface area contributed by atoms with Gasteiger partial charge in [-0.15, -0.1) is 0 Å². The van der Waals surface area contributed by atoms with Crippen molar-refractivity contribution in [2.24, 2.45) is 0 Å². The zero-order valence-corrected chi connectivity index (χ0v) is 13.3. The molecule has 0 aliphatic heterocycles. The number of carbonyl (C=O) groups excluding carboxylic acids is 5. The fourth-order valence-corrected chi connectivity index (χ4v) is 1.89. The number of rotatable bonds is 5. The number of benzene rings is 1. The van der Waals surface area contributed by atoms with E-state index in [1.54, 1.807) is 0 Å². The molecule has 0 bridgehead atoms. The summed E-state index contributed by atoms with van der Waals surface area (Å²) >= 11 is 2.89. The molecule has 0 unspecified atom stereocenters. The van der Waals surface area contributed by atoms with Crippen molar-refractivity contribution in [2.75, 3.05) is 0 Å². The Labute approximate surface area is 137 Å². The molecule has 0 saturated heterocycles. The van der Waals surface area contributed by atoms with Crippen LogP contribution in [0, 0.1) is 0 Å². The lowest BCUT2D eigenvalue weighted by molar-refractivity contribution is -0.191. The quantitative estimate of drug-likeness (QED) is 0.435. The Morgan fingerprint density at radius 1 is 1.13 bits per heavy atom. The summed E-state index contributed by atoms with van der Waals surface area (Å²) in [6.45, 7) is 1.44. The topological polar surface area (TPSA) is 85.3 Å². The van der Waals surface area contributed by atoms with Gasteiger partial charge in [0.25, 0.3) is 0 Å². The van der Waals surface area contributed by atoms with E-state index in [-0.39, 0.29) is 17.0 Å². The predicted octanol–water partition coefficient (Wildman–Crippen LogP) is 3.01. The summed E-state index contributed by atoms with van der Waals surface area (Å²) in [5.74, 6) is -2.77. The van der Waals surface area contributed by atoms with Gasteiger partial charge in [0, 0.05) is 16.5 Å². The Morgan fingerprint density at radius 3 is 2.09 bits per heavy atom. The minimum atomic E-state index is -4.72. The van der Waals surface area contributed by atoms with Crippen LogP contribution in [0.2, 0.25) is 0 Å². The number of hydrogen-bond acceptors (Lipinski definition) is 5. The average Bonchev–Trinajstić information content (AvgIpc) is 2.45. The van der Waals surface area contributed by atoms with Gasteiger partial charge in [-0.2, -0.15) is 22.8 Å². The van der Waals surface area contributed by atoms with E-state index in [1.165, 1.54) is 13.0 Å². The summed E-state index contributed by atoms with van der Waals surface area (Å²) in [6, 6.07) is 3.02. The Kier molecular flexibility index (Phi) is 8.28. The lowest BCUT2D eigenvalue weighted by atomic mass is 9.98. The first-order valence-corrected chi connectivity index (χ1v) is 6.83. The Hall–Kier alpha value is -2.12. The molecule has 0 spiro atoms. The van der Waals surface area contributed by atoms with Crippen LogP contribution in [0.5, 0.6) is 0 Å². The van der Waals surface area contributed by atoms with Gasteiger partial charge in [0.15, 0.2) is 11.6 Å². The number of alkyl halides is 3. The number of carbonyl (C=O) groups is 3. The van der Waals surface area contributed by atoms with Crippen LogP contribution >= 0.6 is 15.9 Å². The number of halogens is 4. The standard InChI is InChI=1S/C13H10BrF3O3.CO2/c1-2-10(18)12(20)6-11(19)8-4-3-7(14)5-9(8)13(15,16)17;2-1-3/h3-5H,2,6H2,1H3;. The van der Waals surface area contributed by atoms with Gasteiger partial charge < -0.3 is 0 Å². The van der Waals surface area contributed by atoms with Crippen LogP contribution in [0.15, 0.2) is 22.7 Å². The van der Waals surface area contributed by atoms with Gasteiger partial charge in [0.05, 0.1) is 12.0 Å². The van der Waals surface area contributed by atoms with E-state index in [4.69, 9.17) is 9.59 Å². The minimum Gasteiger partial charge on any atom is -0.294 e. The summed E-state index contributed by atoms with van der Waals surface area (Å²) < 4.78 is 38.6. The Morgan fingerprint density at radius 2 is 1.65 bits per heavy atom. The zero-order chi connectivity index (χ0) is 18.2. The molecule has 0 saturated carbocycles. The maximum Gasteiger partial charge on any atom is 0.417 e. The second-order valence-electron chi connectivity index (χ2n) is 4.07. The summed E-state index contributed by atoms with van der Waals surface area (Å²) in [7, 11) is 0. The van der Waals surface area contributed by atoms with E-state index < -0.39 is 41.1 Å². The molecule has 124 valence electrons. The third-order valence-electron chi connectivity index (χ3n) is 2.54. The first-order chi connectivity index (χ1) is 10.6. The van der Waals surface area contributed by atoms with Crippen LogP contribution in [0.3, 0.4) is 0 Å². The molecular weight excluding hydrogens is 385 g/mol. The molecule has 5 nitrogen and oxygen atoms in total. The first kappa shape index (κ1) is 20.9. The van der Waals surface area contributed by atoms with Gasteiger partial charge in [-0.1, -0.05) is 22.9 Å². The Balaban J connectivity index is 0.00000149. The second kappa shape index (κ2) is 9.12. The van der Waals surface area contributed by atoms with Crippen LogP contribution in [-0.2, 0) is 25.4 Å². The van der Waals surface area contributed by atoms with Crippen LogP contribution in [-0.4, -0.2) is 23.5 Å². The Bertz CT molecular complexity index is 646. The molecule has 1 aromatic rings. The van der Waals surface area contributed by atoms with Crippen molar-refractivity contribution in [1.29, 1.82) is 0 Å². The van der Waals surface area contributed by atoms with Gasteiger partial charge in [-0.25, -0.2) is 0 Å². The maximum atomic E-state index is 12.8. The highest BCUT2D eigenvalue weighted by molar-refractivity contribution is 9.10. The molecule has 0 aromatic heterocycles. The van der Waals surface area contributed by atoms with E-state index in [0.717, 1.165) is 12.1 Å². The highest BCUT2D eigenvalue weighted by Gasteiger charge is 2.35. The molecule has 0 fully saturated rings. The van der Waals surface area contributed by atoms with Crippen LogP contribution in [0.1, 0.15) is 35.7 Å². The monoisotopic (exact) mass is 394 g/mol. The summed E-state index contributed by atoms with van der Waals surface area (Å²) in [4.78, 5) is 50.4. The first-order valence-electron chi connectivity index (χ1n) is 6.03. The average molecular weight is 395 g/mol. The number of hydrogen-bond donors (Lipinski definition) is 0. The van der Waals surface area contributed by atoms with Crippen molar-refractivity contribution in [3.05, 3.63) is 33.8 Å². The molecule has 0 radical (unpaired) electrons. The van der Waals surface area contributed by atoms with E-state index in [1.807, 2.05) is 0 Å². The highest BCUT2D eigenvalue weighted by Crippen LogP contribution is 2.34. The fourth-order valence-electron chi connectivity index (χ4n) is 1.53. The van der Waals surface area contributed by atoms with Crippen LogP contribution in [0.25, 0.3) is 0 Å². The molecule has 1 rings (SSSR count). The summed E-state index contributed by atoms with van der Waals surface area (Å²) in [5, 5.41) is 0. The second-order valence-corrected chi connectivity index (χ2v) is 4.99. The molecule has 23 heavy (non-hydrogen) atoms.